The highest BCUT2D eigenvalue weighted by molar-refractivity contribution is 6.02. The summed E-state index contributed by atoms with van der Waals surface area (Å²) in [5.74, 6) is 0.199. The molecule has 0 saturated heterocycles. The first-order valence-corrected chi connectivity index (χ1v) is 5.50. The van der Waals surface area contributed by atoms with Gasteiger partial charge in [-0.2, -0.15) is 0 Å². The highest BCUT2D eigenvalue weighted by atomic mass is 16.5. The summed E-state index contributed by atoms with van der Waals surface area (Å²) in [5.41, 5.74) is 1.52. The van der Waals surface area contributed by atoms with Gasteiger partial charge in [-0.15, -0.1) is 0 Å². The number of anilines is 1. The van der Waals surface area contributed by atoms with Crippen molar-refractivity contribution in [1.29, 1.82) is 0 Å². The van der Waals surface area contributed by atoms with E-state index < -0.39 is 0 Å². The average molecular weight is 230 g/mol. The maximum absolute atomic E-state index is 11.8. The third kappa shape index (κ3) is 2.72. The number of aromatic nitrogens is 1. The number of nitrogens with zero attached hydrogens (tertiary/aromatic N) is 1. The number of amides is 1. The second-order valence-electron chi connectivity index (χ2n) is 4.09. The molecule has 0 aliphatic rings. The van der Waals surface area contributed by atoms with E-state index in [1.165, 1.54) is 0 Å². The molecule has 0 saturated carbocycles. The molecule has 4 nitrogen and oxygen atoms in total. The number of benzene rings is 1. The van der Waals surface area contributed by atoms with Crippen molar-refractivity contribution in [3.8, 4) is 0 Å². The number of hydrogen-bond donors (Lipinski definition) is 1. The fourth-order valence-electron chi connectivity index (χ4n) is 1.38. The number of rotatable bonds is 3. The molecule has 0 fully saturated rings. The van der Waals surface area contributed by atoms with Crippen molar-refractivity contribution in [2.45, 2.75) is 19.8 Å². The Kier molecular flexibility index (Phi) is 3.23. The van der Waals surface area contributed by atoms with Gasteiger partial charge in [0.15, 0.2) is 0 Å². The van der Waals surface area contributed by atoms with Crippen molar-refractivity contribution in [3.63, 3.8) is 0 Å². The molecule has 0 unspecified atom stereocenters. The number of nitrogens with one attached hydrogen (secondary N) is 1. The average Bonchev–Trinajstić information content (AvgIpc) is 2.79. The van der Waals surface area contributed by atoms with Gasteiger partial charge in [0.05, 0.1) is 5.69 Å². The topological polar surface area (TPSA) is 55.1 Å². The summed E-state index contributed by atoms with van der Waals surface area (Å²) in [7, 11) is 0. The molecule has 0 aliphatic carbocycles. The smallest absolute Gasteiger partial charge is 0.294 e. The van der Waals surface area contributed by atoms with Gasteiger partial charge in [-0.1, -0.05) is 37.2 Å². The van der Waals surface area contributed by atoms with Crippen LogP contribution in [0.25, 0.3) is 0 Å². The molecule has 1 N–H and O–H groups in total. The van der Waals surface area contributed by atoms with Crippen molar-refractivity contribution in [3.05, 3.63) is 47.9 Å². The second kappa shape index (κ2) is 4.82. The van der Waals surface area contributed by atoms with Gasteiger partial charge in [-0.3, -0.25) is 4.79 Å². The molecular weight excluding hydrogens is 216 g/mol. The predicted octanol–water partition coefficient (Wildman–Crippen LogP) is 3.05. The lowest BCUT2D eigenvalue weighted by molar-refractivity contribution is 0.0988. The molecule has 2 rings (SSSR count). The standard InChI is InChI=1S/C13H14N2O2/c1-9(2)11-8-12(17-15-11)13(16)14-10-6-4-3-5-7-10/h3-9H,1-2H3,(H,14,16). The Bertz CT molecular complexity index is 503. The van der Waals surface area contributed by atoms with E-state index in [4.69, 9.17) is 4.52 Å². The van der Waals surface area contributed by atoms with Gasteiger partial charge in [0.1, 0.15) is 0 Å². The predicted molar refractivity (Wildman–Crippen MR) is 65.0 cm³/mol. The van der Waals surface area contributed by atoms with E-state index in [0.29, 0.717) is 0 Å². The largest absolute Gasteiger partial charge is 0.351 e. The Morgan fingerprint density at radius 2 is 2.00 bits per heavy atom. The monoisotopic (exact) mass is 230 g/mol. The van der Waals surface area contributed by atoms with Gasteiger partial charge in [0, 0.05) is 11.8 Å². The van der Waals surface area contributed by atoms with Crippen LogP contribution in [0.3, 0.4) is 0 Å². The van der Waals surface area contributed by atoms with Crippen molar-refractivity contribution in [2.24, 2.45) is 0 Å². The van der Waals surface area contributed by atoms with Crippen molar-refractivity contribution in [1.82, 2.24) is 5.16 Å². The summed E-state index contributed by atoms with van der Waals surface area (Å²) in [6.45, 7) is 3.99. The van der Waals surface area contributed by atoms with Gasteiger partial charge in [-0.05, 0) is 18.1 Å². The molecule has 0 radical (unpaired) electrons. The van der Waals surface area contributed by atoms with Gasteiger partial charge < -0.3 is 9.84 Å². The fourth-order valence-corrected chi connectivity index (χ4v) is 1.38. The van der Waals surface area contributed by atoms with E-state index in [9.17, 15) is 4.79 Å². The van der Waals surface area contributed by atoms with Gasteiger partial charge in [0.25, 0.3) is 5.91 Å². The fraction of sp³-hybridized carbons (Fsp3) is 0.231. The molecule has 1 aromatic carbocycles. The third-order valence-electron chi connectivity index (χ3n) is 2.38. The third-order valence-corrected chi connectivity index (χ3v) is 2.38. The maximum Gasteiger partial charge on any atom is 0.294 e. The highest BCUT2D eigenvalue weighted by Crippen LogP contribution is 2.15. The minimum Gasteiger partial charge on any atom is -0.351 e. The number of hydrogen-bond acceptors (Lipinski definition) is 3. The molecule has 4 heteroatoms. The minimum absolute atomic E-state index is 0.234. The summed E-state index contributed by atoms with van der Waals surface area (Å²) in [6.07, 6.45) is 0. The number of carbonyl (C=O) groups excluding carboxylic acids is 1. The lowest BCUT2D eigenvalue weighted by atomic mass is 10.1. The first-order chi connectivity index (χ1) is 8.16. The van der Waals surface area contributed by atoms with E-state index in [1.54, 1.807) is 6.07 Å². The zero-order valence-electron chi connectivity index (χ0n) is 9.81. The van der Waals surface area contributed by atoms with Gasteiger partial charge >= 0.3 is 0 Å². The molecule has 1 aromatic heterocycles. The Morgan fingerprint density at radius 1 is 1.29 bits per heavy atom. The van der Waals surface area contributed by atoms with Crippen LogP contribution in [0.15, 0.2) is 40.9 Å². The van der Waals surface area contributed by atoms with Crippen LogP contribution in [0.2, 0.25) is 0 Å². The van der Waals surface area contributed by atoms with Crippen molar-refractivity contribution >= 4 is 11.6 Å². The van der Waals surface area contributed by atoms with E-state index in [0.717, 1.165) is 11.4 Å². The molecule has 17 heavy (non-hydrogen) atoms. The molecule has 1 heterocycles. The zero-order chi connectivity index (χ0) is 12.3. The molecule has 0 aliphatic heterocycles. The van der Waals surface area contributed by atoms with Gasteiger partial charge in [-0.25, -0.2) is 0 Å². The molecule has 0 spiro atoms. The van der Waals surface area contributed by atoms with Crippen LogP contribution in [0.4, 0.5) is 5.69 Å². The second-order valence-corrected chi connectivity index (χ2v) is 4.09. The Hall–Kier alpha value is -2.10. The molecular formula is C13H14N2O2. The Labute approximate surface area is 99.6 Å². The summed E-state index contributed by atoms with van der Waals surface area (Å²) in [4.78, 5) is 11.8. The Balaban J connectivity index is 2.10. The molecule has 2 aromatic rings. The molecule has 88 valence electrons. The number of para-hydroxylation sites is 1. The van der Waals surface area contributed by atoms with Crippen LogP contribution in [0.1, 0.15) is 36.0 Å². The van der Waals surface area contributed by atoms with Gasteiger partial charge in [0.2, 0.25) is 5.76 Å². The van der Waals surface area contributed by atoms with E-state index in [-0.39, 0.29) is 17.6 Å². The number of carbonyl (C=O) groups is 1. The van der Waals surface area contributed by atoms with Crippen LogP contribution in [0.5, 0.6) is 0 Å². The Morgan fingerprint density at radius 3 is 2.59 bits per heavy atom. The summed E-state index contributed by atoms with van der Waals surface area (Å²) in [5, 5.41) is 6.58. The first-order valence-electron chi connectivity index (χ1n) is 5.50. The summed E-state index contributed by atoms with van der Waals surface area (Å²) >= 11 is 0. The summed E-state index contributed by atoms with van der Waals surface area (Å²) in [6, 6.07) is 10.9. The van der Waals surface area contributed by atoms with E-state index >= 15 is 0 Å². The lowest BCUT2D eigenvalue weighted by Gasteiger charge is -2.00. The van der Waals surface area contributed by atoms with E-state index in [2.05, 4.69) is 10.5 Å². The van der Waals surface area contributed by atoms with E-state index in [1.807, 2.05) is 44.2 Å². The molecule has 1 amide bonds. The van der Waals surface area contributed by atoms with Crippen molar-refractivity contribution < 1.29 is 9.32 Å². The van der Waals surface area contributed by atoms with Crippen LogP contribution in [0, 0.1) is 0 Å². The normalized spacial score (nSPS) is 10.5. The first kappa shape index (κ1) is 11.4. The molecule has 0 atom stereocenters. The van der Waals surface area contributed by atoms with Crippen molar-refractivity contribution in [2.75, 3.05) is 5.32 Å². The van der Waals surface area contributed by atoms with Crippen LogP contribution < -0.4 is 5.32 Å². The van der Waals surface area contributed by atoms with Crippen LogP contribution in [-0.4, -0.2) is 11.1 Å². The SMILES string of the molecule is CC(C)c1cc(C(=O)Nc2ccccc2)on1. The zero-order valence-corrected chi connectivity index (χ0v) is 9.81. The minimum atomic E-state index is -0.282. The molecule has 0 bridgehead atoms. The maximum atomic E-state index is 11.8. The van der Waals surface area contributed by atoms with Crippen LogP contribution >= 0.6 is 0 Å². The lowest BCUT2D eigenvalue weighted by Crippen LogP contribution is -2.10. The van der Waals surface area contributed by atoms with Crippen LogP contribution in [-0.2, 0) is 0 Å². The summed E-state index contributed by atoms with van der Waals surface area (Å²) < 4.78 is 5.00. The highest BCUT2D eigenvalue weighted by Gasteiger charge is 2.14. The quantitative estimate of drug-likeness (QED) is 0.881.